The Labute approximate surface area is 54.9 Å². The second-order valence-electron chi connectivity index (χ2n) is 3.61. The van der Waals surface area contributed by atoms with E-state index < -0.39 is 5.97 Å². The van der Waals surface area contributed by atoms with E-state index in [0.29, 0.717) is 5.41 Å². The Morgan fingerprint density at radius 1 is 1.56 bits per heavy atom. The lowest BCUT2D eigenvalue weighted by atomic mass is 9.65. The van der Waals surface area contributed by atoms with Crippen LogP contribution >= 0.6 is 0 Å². The van der Waals surface area contributed by atoms with Crippen molar-refractivity contribution in [3.63, 3.8) is 0 Å². The molecule has 0 aliphatic heterocycles. The van der Waals surface area contributed by atoms with Crippen LogP contribution in [0.25, 0.3) is 0 Å². The molecule has 0 atom stereocenters. The summed E-state index contributed by atoms with van der Waals surface area (Å²) in [5.74, 6) is -0.686. The quantitative estimate of drug-likeness (QED) is 0.581. The molecule has 1 aliphatic rings. The van der Waals surface area contributed by atoms with Crippen LogP contribution in [0.5, 0.6) is 0 Å². The summed E-state index contributed by atoms with van der Waals surface area (Å²) >= 11 is 0. The Balaban J connectivity index is 2.35. The zero-order valence-corrected chi connectivity index (χ0v) is 5.85. The molecule has 0 saturated heterocycles. The number of hydrogen-bond donors (Lipinski definition) is 1. The second-order valence-corrected chi connectivity index (χ2v) is 3.61. The van der Waals surface area contributed by atoms with Crippen LogP contribution in [-0.2, 0) is 4.79 Å². The highest BCUT2D eigenvalue weighted by molar-refractivity contribution is 5.71. The molecule has 0 aromatic rings. The lowest BCUT2D eigenvalue weighted by Gasteiger charge is -2.39. The molecule has 0 spiro atoms. The highest BCUT2D eigenvalue weighted by Gasteiger charge is 2.40. The molecule has 1 fully saturated rings. The molecule has 0 heterocycles. The van der Waals surface area contributed by atoms with Gasteiger partial charge in [-0.1, -0.05) is 13.8 Å². The minimum Gasteiger partial charge on any atom is -0.481 e. The molecule has 0 unspecified atom stereocenters. The molecular formula is C7H12O2. The SMILES string of the molecule is CC1(C)CC(C(=O)O)C1. The van der Waals surface area contributed by atoms with Crippen LogP contribution in [0.3, 0.4) is 0 Å². The van der Waals surface area contributed by atoms with Gasteiger partial charge in [0.25, 0.3) is 0 Å². The predicted octanol–water partition coefficient (Wildman–Crippen LogP) is 1.51. The van der Waals surface area contributed by atoms with Crippen molar-refractivity contribution in [3.8, 4) is 0 Å². The van der Waals surface area contributed by atoms with Crippen LogP contribution in [0.2, 0.25) is 0 Å². The number of hydrogen-bond acceptors (Lipinski definition) is 1. The average Bonchev–Trinajstić information content (AvgIpc) is 1.59. The molecule has 0 aromatic carbocycles. The molecule has 2 heteroatoms. The Morgan fingerprint density at radius 3 is 2.11 bits per heavy atom. The van der Waals surface area contributed by atoms with E-state index in [9.17, 15) is 4.79 Å². The molecule has 0 radical (unpaired) electrons. The van der Waals surface area contributed by atoms with Gasteiger partial charge in [-0.25, -0.2) is 0 Å². The molecule has 0 amide bonds. The molecular weight excluding hydrogens is 116 g/mol. The van der Waals surface area contributed by atoms with Crippen molar-refractivity contribution in [1.29, 1.82) is 0 Å². The van der Waals surface area contributed by atoms with Crippen LogP contribution in [0, 0.1) is 11.3 Å². The summed E-state index contributed by atoms with van der Waals surface area (Å²) in [4.78, 5) is 10.3. The zero-order chi connectivity index (χ0) is 7.07. The fraction of sp³-hybridized carbons (Fsp3) is 0.857. The molecule has 9 heavy (non-hydrogen) atoms. The van der Waals surface area contributed by atoms with Crippen molar-refractivity contribution in [2.24, 2.45) is 11.3 Å². The highest BCUT2D eigenvalue weighted by atomic mass is 16.4. The van der Waals surface area contributed by atoms with Crippen molar-refractivity contribution in [2.75, 3.05) is 0 Å². The first kappa shape index (κ1) is 6.59. The van der Waals surface area contributed by atoms with Crippen LogP contribution in [-0.4, -0.2) is 11.1 Å². The molecule has 1 aliphatic carbocycles. The second kappa shape index (κ2) is 1.72. The number of aliphatic carboxylic acids is 1. The standard InChI is InChI=1S/C7H12O2/c1-7(2)3-5(4-7)6(8)9/h5H,3-4H2,1-2H3,(H,8,9). The molecule has 1 rings (SSSR count). The van der Waals surface area contributed by atoms with Crippen molar-refractivity contribution in [2.45, 2.75) is 26.7 Å². The molecule has 0 bridgehead atoms. The zero-order valence-electron chi connectivity index (χ0n) is 5.85. The Morgan fingerprint density at radius 2 is 2.00 bits per heavy atom. The smallest absolute Gasteiger partial charge is 0.306 e. The van der Waals surface area contributed by atoms with Gasteiger partial charge in [0.2, 0.25) is 0 Å². The maximum Gasteiger partial charge on any atom is 0.306 e. The summed E-state index contributed by atoms with van der Waals surface area (Å²) in [5, 5.41) is 8.47. The van der Waals surface area contributed by atoms with Gasteiger partial charge >= 0.3 is 5.97 Å². The van der Waals surface area contributed by atoms with E-state index in [1.165, 1.54) is 0 Å². The lowest BCUT2D eigenvalue weighted by Crippen LogP contribution is -2.36. The maximum absolute atomic E-state index is 10.3. The molecule has 52 valence electrons. The van der Waals surface area contributed by atoms with E-state index in [4.69, 9.17) is 5.11 Å². The van der Waals surface area contributed by atoms with Crippen molar-refractivity contribution >= 4 is 5.97 Å². The Hall–Kier alpha value is -0.530. The molecule has 0 aromatic heterocycles. The van der Waals surface area contributed by atoms with Gasteiger partial charge in [0.05, 0.1) is 5.92 Å². The predicted molar refractivity (Wildman–Crippen MR) is 34.1 cm³/mol. The monoisotopic (exact) mass is 128 g/mol. The van der Waals surface area contributed by atoms with Crippen LogP contribution in [0.15, 0.2) is 0 Å². The van der Waals surface area contributed by atoms with Gasteiger partial charge in [-0.2, -0.15) is 0 Å². The van der Waals surface area contributed by atoms with E-state index in [0.717, 1.165) is 12.8 Å². The summed E-state index contributed by atoms with van der Waals surface area (Å²) < 4.78 is 0. The van der Waals surface area contributed by atoms with E-state index in [1.54, 1.807) is 0 Å². The van der Waals surface area contributed by atoms with Gasteiger partial charge in [0, 0.05) is 0 Å². The van der Waals surface area contributed by atoms with Crippen LogP contribution in [0.4, 0.5) is 0 Å². The normalized spacial score (nSPS) is 25.1. The molecule has 1 saturated carbocycles. The average molecular weight is 128 g/mol. The summed E-state index contributed by atoms with van der Waals surface area (Å²) in [5.41, 5.74) is 0.295. The van der Waals surface area contributed by atoms with Crippen LogP contribution in [0.1, 0.15) is 26.7 Å². The van der Waals surface area contributed by atoms with Gasteiger partial charge in [-0.15, -0.1) is 0 Å². The summed E-state index contributed by atoms with van der Waals surface area (Å²) in [6.45, 7) is 4.21. The largest absolute Gasteiger partial charge is 0.481 e. The summed E-state index contributed by atoms with van der Waals surface area (Å²) in [7, 11) is 0. The lowest BCUT2D eigenvalue weighted by molar-refractivity contribution is -0.148. The number of rotatable bonds is 1. The minimum absolute atomic E-state index is 0.0556. The summed E-state index contributed by atoms with van der Waals surface area (Å²) in [6.07, 6.45) is 1.70. The Kier molecular flexibility index (Phi) is 1.26. The van der Waals surface area contributed by atoms with E-state index >= 15 is 0 Å². The Bertz CT molecular complexity index is 130. The third-order valence-corrected chi connectivity index (χ3v) is 1.95. The third-order valence-electron chi connectivity index (χ3n) is 1.95. The van der Waals surface area contributed by atoms with Crippen LogP contribution < -0.4 is 0 Å². The number of carbonyl (C=O) groups is 1. The van der Waals surface area contributed by atoms with Gasteiger partial charge in [0.1, 0.15) is 0 Å². The minimum atomic E-state index is -0.630. The molecule has 1 N–H and O–H groups in total. The third kappa shape index (κ3) is 1.23. The molecule has 2 nitrogen and oxygen atoms in total. The number of carboxylic acid groups (broad SMARTS) is 1. The van der Waals surface area contributed by atoms with E-state index in [2.05, 4.69) is 13.8 Å². The van der Waals surface area contributed by atoms with Gasteiger partial charge < -0.3 is 5.11 Å². The van der Waals surface area contributed by atoms with Crippen molar-refractivity contribution in [3.05, 3.63) is 0 Å². The van der Waals surface area contributed by atoms with Gasteiger partial charge in [0.15, 0.2) is 0 Å². The van der Waals surface area contributed by atoms with Gasteiger partial charge in [-0.3, -0.25) is 4.79 Å². The first-order chi connectivity index (χ1) is 4.01. The van der Waals surface area contributed by atoms with Crippen molar-refractivity contribution in [1.82, 2.24) is 0 Å². The number of carboxylic acids is 1. The fourth-order valence-electron chi connectivity index (χ4n) is 1.45. The maximum atomic E-state index is 10.3. The van der Waals surface area contributed by atoms with E-state index in [1.807, 2.05) is 0 Å². The highest BCUT2D eigenvalue weighted by Crippen LogP contribution is 2.44. The topological polar surface area (TPSA) is 37.3 Å². The first-order valence-electron chi connectivity index (χ1n) is 3.24. The summed E-state index contributed by atoms with van der Waals surface area (Å²) in [6, 6.07) is 0. The van der Waals surface area contributed by atoms with Gasteiger partial charge in [-0.05, 0) is 18.3 Å². The van der Waals surface area contributed by atoms with Crippen molar-refractivity contribution < 1.29 is 9.90 Å². The first-order valence-corrected chi connectivity index (χ1v) is 3.24. The fourth-order valence-corrected chi connectivity index (χ4v) is 1.45. The van der Waals surface area contributed by atoms with E-state index in [-0.39, 0.29) is 5.92 Å².